The summed E-state index contributed by atoms with van der Waals surface area (Å²) in [6.45, 7) is 6.94. The maximum atomic E-state index is 14.3. The number of likely N-dealkylation sites (N-methyl/N-ethyl adjacent to an activating group) is 2. The zero-order valence-corrected chi connectivity index (χ0v) is 25.1. The van der Waals surface area contributed by atoms with Crippen LogP contribution in [0.2, 0.25) is 10.0 Å². The van der Waals surface area contributed by atoms with Gasteiger partial charge in [-0.25, -0.2) is 4.39 Å². The molecule has 2 saturated heterocycles. The number of alkyl halides is 3. The fourth-order valence-corrected chi connectivity index (χ4v) is 5.91. The van der Waals surface area contributed by atoms with Crippen molar-refractivity contribution in [2.45, 2.75) is 24.7 Å². The van der Waals surface area contributed by atoms with Gasteiger partial charge in [-0.2, -0.15) is 13.2 Å². The van der Waals surface area contributed by atoms with E-state index in [0.717, 1.165) is 57.0 Å². The number of hydrogen-bond acceptors (Lipinski definition) is 5. The van der Waals surface area contributed by atoms with Gasteiger partial charge < -0.3 is 9.80 Å². The number of nitrogens with zero attached hydrogens (tertiary/aromatic N) is 5. The van der Waals surface area contributed by atoms with Gasteiger partial charge in [0.15, 0.2) is 0 Å². The molecule has 0 bridgehead atoms. The molecule has 0 spiro atoms. The predicted octanol–water partition coefficient (Wildman–Crippen LogP) is 4.76. The molecule has 0 aliphatic carbocycles. The van der Waals surface area contributed by atoms with Crippen LogP contribution in [0.15, 0.2) is 36.4 Å². The molecule has 0 N–H and O–H groups in total. The highest BCUT2D eigenvalue weighted by Gasteiger charge is 2.39. The Morgan fingerprint density at radius 3 is 2.24 bits per heavy atom. The van der Waals surface area contributed by atoms with Gasteiger partial charge in [0, 0.05) is 70.9 Å². The van der Waals surface area contributed by atoms with Crippen LogP contribution in [0.1, 0.15) is 22.6 Å². The number of likely N-dealkylation sites (tertiary alicyclic amines) is 1. The number of halogens is 6. The van der Waals surface area contributed by atoms with Crippen LogP contribution in [-0.4, -0.2) is 116 Å². The fourth-order valence-electron chi connectivity index (χ4n) is 5.60. The van der Waals surface area contributed by atoms with Gasteiger partial charge in [0.2, 0.25) is 5.91 Å². The molecule has 12 heteroatoms. The van der Waals surface area contributed by atoms with Crippen molar-refractivity contribution in [2.24, 2.45) is 0 Å². The van der Waals surface area contributed by atoms with Crippen molar-refractivity contribution in [3.63, 3.8) is 0 Å². The summed E-state index contributed by atoms with van der Waals surface area (Å²) in [5, 5.41) is 0.837. The SMILES string of the molecule is CN(C)CCN1CCN(CC(=O)N2CC(c3ccc(Cl)c(Cl)c3)C(N(C)Cc3ccc(C(F)(F)F)c(F)c3)C2)CC1. The Hall–Kier alpha value is -1.95. The molecule has 2 aliphatic heterocycles. The lowest BCUT2D eigenvalue weighted by atomic mass is 9.93. The largest absolute Gasteiger partial charge is 0.419 e. The second kappa shape index (κ2) is 13.6. The van der Waals surface area contributed by atoms with E-state index >= 15 is 0 Å². The average molecular weight is 619 g/mol. The van der Waals surface area contributed by atoms with E-state index in [4.69, 9.17) is 23.2 Å². The smallest absolute Gasteiger partial charge is 0.339 e. The first-order valence-electron chi connectivity index (χ1n) is 13.7. The lowest BCUT2D eigenvalue weighted by Gasteiger charge is -2.35. The van der Waals surface area contributed by atoms with Crippen LogP contribution in [0, 0.1) is 5.82 Å². The lowest BCUT2D eigenvalue weighted by molar-refractivity contribution is -0.140. The van der Waals surface area contributed by atoms with Gasteiger partial charge >= 0.3 is 6.18 Å². The Kier molecular flexibility index (Phi) is 10.6. The summed E-state index contributed by atoms with van der Waals surface area (Å²) >= 11 is 12.5. The summed E-state index contributed by atoms with van der Waals surface area (Å²) < 4.78 is 53.4. The Bertz CT molecular complexity index is 1210. The van der Waals surface area contributed by atoms with Gasteiger partial charge in [0.25, 0.3) is 0 Å². The molecule has 2 atom stereocenters. The second-order valence-corrected chi connectivity index (χ2v) is 12.1. The molecule has 4 rings (SSSR count). The molecule has 2 aromatic carbocycles. The van der Waals surface area contributed by atoms with Crippen molar-refractivity contribution in [1.29, 1.82) is 0 Å². The molecular formula is C29H37Cl2F4N5O. The normalized spacial score (nSPS) is 20.9. The van der Waals surface area contributed by atoms with E-state index < -0.39 is 17.6 Å². The molecule has 2 unspecified atom stereocenters. The van der Waals surface area contributed by atoms with Crippen molar-refractivity contribution in [2.75, 3.05) is 80.0 Å². The predicted molar refractivity (Wildman–Crippen MR) is 154 cm³/mol. The molecule has 0 saturated carbocycles. The third-order valence-corrected chi connectivity index (χ3v) is 8.78. The second-order valence-electron chi connectivity index (χ2n) is 11.3. The number of carbonyl (C=O) groups is 1. The van der Waals surface area contributed by atoms with Crippen LogP contribution >= 0.6 is 23.2 Å². The van der Waals surface area contributed by atoms with Crippen molar-refractivity contribution >= 4 is 29.1 Å². The van der Waals surface area contributed by atoms with Crippen molar-refractivity contribution in [3.8, 4) is 0 Å². The highest BCUT2D eigenvalue weighted by molar-refractivity contribution is 6.42. The molecule has 6 nitrogen and oxygen atoms in total. The van der Waals surface area contributed by atoms with Crippen LogP contribution in [0.25, 0.3) is 0 Å². The Morgan fingerprint density at radius 1 is 0.951 bits per heavy atom. The van der Waals surface area contributed by atoms with Crippen molar-refractivity contribution in [3.05, 3.63) is 69.0 Å². The minimum Gasteiger partial charge on any atom is -0.339 e. The standard InChI is InChI=1S/C29H37Cl2F4N5O/c1-36(2)8-9-38-10-12-39(13-11-38)19-28(41)40-17-22(21-5-7-24(30)25(31)15-21)27(18-40)37(3)16-20-4-6-23(26(32)14-20)29(33,34)35/h4-7,14-15,22,27H,8-13,16-19H2,1-3H3. The maximum absolute atomic E-state index is 14.3. The molecule has 2 aromatic rings. The van der Waals surface area contributed by atoms with Crippen LogP contribution in [0.4, 0.5) is 17.6 Å². The summed E-state index contributed by atoms with van der Waals surface area (Å²) in [5.41, 5.74) is 0.0521. The molecule has 2 heterocycles. The van der Waals surface area contributed by atoms with E-state index in [1.165, 1.54) is 6.07 Å². The number of piperazine rings is 1. The van der Waals surface area contributed by atoms with Gasteiger partial charge in [-0.15, -0.1) is 0 Å². The number of rotatable bonds is 9. The zero-order valence-electron chi connectivity index (χ0n) is 23.6. The maximum Gasteiger partial charge on any atom is 0.419 e. The fraction of sp³-hybridized carbons (Fsp3) is 0.552. The highest BCUT2D eigenvalue weighted by atomic mass is 35.5. The molecule has 2 aliphatic rings. The monoisotopic (exact) mass is 617 g/mol. The Labute approximate surface area is 249 Å². The van der Waals surface area contributed by atoms with E-state index in [9.17, 15) is 22.4 Å². The summed E-state index contributed by atoms with van der Waals surface area (Å²) in [5.74, 6) is -1.37. The third-order valence-electron chi connectivity index (χ3n) is 8.04. The summed E-state index contributed by atoms with van der Waals surface area (Å²) in [6, 6.07) is 8.26. The lowest BCUT2D eigenvalue weighted by Crippen LogP contribution is -2.51. The third kappa shape index (κ3) is 8.33. The number of carbonyl (C=O) groups excluding carboxylic acids is 1. The molecule has 41 heavy (non-hydrogen) atoms. The Morgan fingerprint density at radius 2 is 1.63 bits per heavy atom. The zero-order chi connectivity index (χ0) is 29.9. The minimum absolute atomic E-state index is 0.0354. The van der Waals surface area contributed by atoms with E-state index in [-0.39, 0.29) is 24.4 Å². The number of hydrogen-bond donors (Lipinski definition) is 0. The van der Waals surface area contributed by atoms with Crippen LogP contribution in [0.3, 0.4) is 0 Å². The molecular weight excluding hydrogens is 581 g/mol. The van der Waals surface area contributed by atoms with E-state index in [2.05, 4.69) is 28.8 Å². The molecule has 1 amide bonds. The minimum atomic E-state index is -4.75. The highest BCUT2D eigenvalue weighted by Crippen LogP contribution is 2.36. The first-order chi connectivity index (χ1) is 19.3. The first-order valence-corrected chi connectivity index (χ1v) is 14.5. The van der Waals surface area contributed by atoms with Crippen molar-refractivity contribution in [1.82, 2.24) is 24.5 Å². The number of amides is 1. The average Bonchev–Trinajstić information content (AvgIpc) is 3.35. The van der Waals surface area contributed by atoms with Gasteiger partial charge in [-0.1, -0.05) is 35.3 Å². The van der Waals surface area contributed by atoms with E-state index in [1.54, 1.807) is 12.1 Å². The van der Waals surface area contributed by atoms with Crippen LogP contribution in [-0.2, 0) is 17.5 Å². The topological polar surface area (TPSA) is 33.3 Å². The molecule has 0 radical (unpaired) electrons. The van der Waals surface area contributed by atoms with Gasteiger partial charge in [-0.05, 0) is 56.5 Å². The van der Waals surface area contributed by atoms with Gasteiger partial charge in [0.05, 0.1) is 22.2 Å². The van der Waals surface area contributed by atoms with Crippen molar-refractivity contribution < 1.29 is 22.4 Å². The van der Waals surface area contributed by atoms with E-state index in [1.807, 2.05) is 22.9 Å². The first kappa shape index (κ1) is 32.0. The summed E-state index contributed by atoms with van der Waals surface area (Å²) in [7, 11) is 5.96. The summed E-state index contributed by atoms with van der Waals surface area (Å²) in [4.78, 5) is 24.0. The van der Waals surface area contributed by atoms with E-state index in [0.29, 0.717) is 35.2 Å². The van der Waals surface area contributed by atoms with Crippen LogP contribution < -0.4 is 0 Å². The molecule has 2 fully saturated rings. The quantitative estimate of drug-likeness (QED) is 0.379. The van der Waals surface area contributed by atoms with Gasteiger partial charge in [0.1, 0.15) is 5.82 Å². The van der Waals surface area contributed by atoms with Crippen LogP contribution in [0.5, 0.6) is 0 Å². The number of benzene rings is 2. The molecule has 226 valence electrons. The van der Waals surface area contributed by atoms with Gasteiger partial charge in [-0.3, -0.25) is 19.5 Å². The Balaban J connectivity index is 1.45. The summed E-state index contributed by atoms with van der Waals surface area (Å²) in [6.07, 6.45) is -4.75. The molecule has 0 aromatic heterocycles.